The maximum absolute atomic E-state index is 11.6. The highest BCUT2D eigenvalue weighted by Gasteiger charge is 2.06. The van der Waals surface area contributed by atoms with E-state index < -0.39 is 0 Å². The summed E-state index contributed by atoms with van der Waals surface area (Å²) in [6, 6.07) is 7.88. The molecular weight excluding hydrogens is 264 g/mol. The van der Waals surface area contributed by atoms with Crippen LogP contribution in [-0.4, -0.2) is 20.9 Å². The van der Waals surface area contributed by atoms with E-state index in [0.29, 0.717) is 6.54 Å². The van der Waals surface area contributed by atoms with Gasteiger partial charge in [0, 0.05) is 12.5 Å². The molecule has 1 N–H and O–H groups in total. The first-order valence-corrected chi connectivity index (χ1v) is 7.02. The van der Waals surface area contributed by atoms with E-state index in [9.17, 15) is 4.79 Å². The van der Waals surface area contributed by atoms with Gasteiger partial charge in [0.15, 0.2) is 0 Å². The molecule has 1 amide bonds. The number of nitrogens with one attached hydrogen (secondary N) is 1. The average Bonchev–Trinajstić information content (AvgIpc) is 2.94. The smallest absolute Gasteiger partial charge is 0.222 e. The molecule has 0 saturated carbocycles. The lowest BCUT2D eigenvalue weighted by atomic mass is 10.1. The van der Waals surface area contributed by atoms with Crippen molar-refractivity contribution in [2.24, 2.45) is 5.92 Å². The van der Waals surface area contributed by atoms with Gasteiger partial charge < -0.3 is 5.32 Å². The summed E-state index contributed by atoms with van der Waals surface area (Å²) in [5.41, 5.74) is 2.77. The number of nitrogens with zero attached hydrogens (tertiary/aromatic N) is 3. The summed E-state index contributed by atoms with van der Waals surface area (Å²) < 4.78 is 1.73. The highest BCUT2D eigenvalue weighted by molar-refractivity contribution is 5.77. The Morgan fingerprint density at radius 1 is 1.43 bits per heavy atom. The topological polar surface area (TPSA) is 59.8 Å². The average molecular weight is 284 g/mol. The summed E-state index contributed by atoms with van der Waals surface area (Å²) in [5, 5.41) is 11.1. The first-order chi connectivity index (χ1) is 10.1. The minimum atomic E-state index is -0.00751. The number of rotatable bonds is 5. The second kappa shape index (κ2) is 6.83. The lowest BCUT2D eigenvalue weighted by Gasteiger charge is -2.08. The molecule has 2 rings (SSSR count). The Kier molecular flexibility index (Phi) is 4.87. The Balaban J connectivity index is 2.11. The third kappa shape index (κ3) is 4.02. The van der Waals surface area contributed by atoms with Crippen LogP contribution in [0.15, 0.2) is 36.5 Å². The van der Waals surface area contributed by atoms with Crippen LogP contribution >= 0.6 is 0 Å². The molecule has 21 heavy (non-hydrogen) atoms. The standard InChI is InChI=1S/C16H20N4O/c1-4-6-14-11-20(19-18-14)15-8-5-7-13(9-15)10-17-16(21)12(2)3/h4-9,11-12H,10H2,1-3H3,(H,17,21)/b6-4+. The first kappa shape index (κ1) is 15.0. The molecule has 0 bridgehead atoms. The van der Waals surface area contributed by atoms with Crippen LogP contribution in [0.5, 0.6) is 0 Å². The van der Waals surface area contributed by atoms with Crippen LogP contribution < -0.4 is 5.32 Å². The molecule has 2 aromatic rings. The van der Waals surface area contributed by atoms with Crippen LogP contribution in [0, 0.1) is 5.92 Å². The molecular formula is C16H20N4O. The molecule has 1 aromatic carbocycles. The molecule has 110 valence electrons. The van der Waals surface area contributed by atoms with Crippen molar-refractivity contribution in [2.75, 3.05) is 0 Å². The molecule has 0 atom stereocenters. The molecule has 0 aliphatic rings. The Morgan fingerprint density at radius 3 is 2.95 bits per heavy atom. The quantitative estimate of drug-likeness (QED) is 0.918. The van der Waals surface area contributed by atoms with Crippen LogP contribution in [0.3, 0.4) is 0 Å². The lowest BCUT2D eigenvalue weighted by Crippen LogP contribution is -2.27. The highest BCUT2D eigenvalue weighted by Crippen LogP contribution is 2.11. The van der Waals surface area contributed by atoms with Crippen LogP contribution in [0.4, 0.5) is 0 Å². The largest absolute Gasteiger partial charge is 0.352 e. The SMILES string of the molecule is C/C=C/c1cn(-c2cccc(CNC(=O)C(C)C)c2)nn1. The molecule has 0 unspecified atom stereocenters. The van der Waals surface area contributed by atoms with Gasteiger partial charge in [-0.3, -0.25) is 4.79 Å². The summed E-state index contributed by atoms with van der Waals surface area (Å²) in [5.74, 6) is 0.0448. The van der Waals surface area contributed by atoms with E-state index in [1.165, 1.54) is 0 Å². The number of carbonyl (C=O) groups is 1. The highest BCUT2D eigenvalue weighted by atomic mass is 16.1. The number of aromatic nitrogens is 3. The van der Waals surface area contributed by atoms with Crippen molar-refractivity contribution in [1.29, 1.82) is 0 Å². The van der Waals surface area contributed by atoms with Gasteiger partial charge in [-0.05, 0) is 30.7 Å². The molecule has 0 aliphatic carbocycles. The second-order valence-corrected chi connectivity index (χ2v) is 5.13. The normalized spacial score (nSPS) is 11.2. The van der Waals surface area contributed by atoms with E-state index in [-0.39, 0.29) is 11.8 Å². The van der Waals surface area contributed by atoms with Gasteiger partial charge in [-0.2, -0.15) is 0 Å². The molecule has 0 saturated heterocycles. The molecule has 1 aromatic heterocycles. The fraction of sp³-hybridized carbons (Fsp3) is 0.312. The summed E-state index contributed by atoms with van der Waals surface area (Å²) in [6.07, 6.45) is 5.69. The van der Waals surface area contributed by atoms with Crippen LogP contribution in [0.25, 0.3) is 11.8 Å². The van der Waals surface area contributed by atoms with E-state index >= 15 is 0 Å². The molecule has 0 spiro atoms. The monoisotopic (exact) mass is 284 g/mol. The summed E-state index contributed by atoms with van der Waals surface area (Å²) in [6.45, 7) is 6.21. The number of benzene rings is 1. The third-order valence-corrected chi connectivity index (χ3v) is 3.01. The van der Waals surface area contributed by atoms with Crippen molar-refractivity contribution in [3.8, 4) is 5.69 Å². The van der Waals surface area contributed by atoms with Gasteiger partial charge in [0.25, 0.3) is 0 Å². The van der Waals surface area contributed by atoms with Gasteiger partial charge in [-0.15, -0.1) is 5.10 Å². The van der Waals surface area contributed by atoms with Crippen molar-refractivity contribution in [3.63, 3.8) is 0 Å². The van der Waals surface area contributed by atoms with Gasteiger partial charge in [0.1, 0.15) is 5.69 Å². The predicted molar refractivity (Wildman–Crippen MR) is 82.8 cm³/mol. The van der Waals surface area contributed by atoms with Gasteiger partial charge in [-0.1, -0.05) is 37.3 Å². The predicted octanol–water partition coefficient (Wildman–Crippen LogP) is 2.57. The van der Waals surface area contributed by atoms with E-state index in [0.717, 1.165) is 16.9 Å². The zero-order valence-electron chi connectivity index (χ0n) is 12.6. The summed E-state index contributed by atoms with van der Waals surface area (Å²) in [7, 11) is 0. The van der Waals surface area contributed by atoms with Gasteiger partial charge >= 0.3 is 0 Å². The number of hydrogen-bond donors (Lipinski definition) is 1. The minimum Gasteiger partial charge on any atom is -0.352 e. The van der Waals surface area contributed by atoms with Crippen LogP contribution in [0.1, 0.15) is 32.0 Å². The third-order valence-electron chi connectivity index (χ3n) is 3.01. The zero-order chi connectivity index (χ0) is 15.2. The number of hydrogen-bond acceptors (Lipinski definition) is 3. The molecule has 0 aliphatic heterocycles. The maximum Gasteiger partial charge on any atom is 0.222 e. The van der Waals surface area contributed by atoms with E-state index in [2.05, 4.69) is 15.6 Å². The Morgan fingerprint density at radius 2 is 2.24 bits per heavy atom. The lowest BCUT2D eigenvalue weighted by molar-refractivity contribution is -0.124. The summed E-state index contributed by atoms with van der Waals surface area (Å²) in [4.78, 5) is 11.6. The molecule has 0 radical (unpaired) electrons. The number of allylic oxidation sites excluding steroid dienone is 1. The van der Waals surface area contributed by atoms with Crippen molar-refractivity contribution < 1.29 is 4.79 Å². The van der Waals surface area contributed by atoms with E-state index in [4.69, 9.17) is 0 Å². The Hall–Kier alpha value is -2.43. The maximum atomic E-state index is 11.6. The molecule has 5 heteroatoms. The molecule has 1 heterocycles. The Bertz CT molecular complexity index is 643. The molecule has 5 nitrogen and oxygen atoms in total. The first-order valence-electron chi connectivity index (χ1n) is 7.02. The molecule has 0 fully saturated rings. The van der Waals surface area contributed by atoms with Crippen LogP contribution in [-0.2, 0) is 11.3 Å². The second-order valence-electron chi connectivity index (χ2n) is 5.13. The summed E-state index contributed by atoms with van der Waals surface area (Å²) >= 11 is 0. The van der Waals surface area contributed by atoms with Crippen LogP contribution in [0.2, 0.25) is 0 Å². The minimum absolute atomic E-state index is 0.00751. The van der Waals surface area contributed by atoms with Crippen molar-refractivity contribution in [2.45, 2.75) is 27.3 Å². The van der Waals surface area contributed by atoms with Crippen molar-refractivity contribution in [1.82, 2.24) is 20.3 Å². The Labute approximate surface area is 124 Å². The van der Waals surface area contributed by atoms with Gasteiger partial charge in [0.2, 0.25) is 5.91 Å². The fourth-order valence-electron chi connectivity index (χ4n) is 1.85. The van der Waals surface area contributed by atoms with Crippen molar-refractivity contribution >= 4 is 12.0 Å². The van der Waals surface area contributed by atoms with Crippen molar-refractivity contribution in [3.05, 3.63) is 47.8 Å². The number of amides is 1. The van der Waals surface area contributed by atoms with E-state index in [1.807, 2.05) is 63.4 Å². The zero-order valence-corrected chi connectivity index (χ0v) is 12.6. The fourth-order valence-corrected chi connectivity index (χ4v) is 1.85. The van der Waals surface area contributed by atoms with Gasteiger partial charge in [0.05, 0.1) is 11.9 Å². The van der Waals surface area contributed by atoms with Gasteiger partial charge in [-0.25, -0.2) is 4.68 Å². The van der Waals surface area contributed by atoms with E-state index in [1.54, 1.807) is 4.68 Å². The number of carbonyl (C=O) groups excluding carboxylic acids is 1.